The number of carbonyl (C=O) groups is 3. The van der Waals surface area contributed by atoms with Gasteiger partial charge in [-0.25, -0.2) is 4.79 Å². The van der Waals surface area contributed by atoms with Gasteiger partial charge in [0.1, 0.15) is 18.3 Å². The first-order chi connectivity index (χ1) is 16.3. The first-order valence-corrected chi connectivity index (χ1v) is 12.2. The minimum Gasteiger partial charge on any atom is -0.459 e. The van der Waals surface area contributed by atoms with Gasteiger partial charge in [-0.15, -0.1) is 0 Å². The van der Waals surface area contributed by atoms with Crippen LogP contribution in [0, 0.1) is 17.8 Å². The molecule has 7 nitrogen and oxygen atoms in total. The Labute approximate surface area is 208 Å². The van der Waals surface area contributed by atoms with E-state index in [0.29, 0.717) is 17.6 Å². The van der Waals surface area contributed by atoms with Crippen LogP contribution in [-0.2, 0) is 33.3 Å². The summed E-state index contributed by atoms with van der Waals surface area (Å²) in [5, 5.41) is 0. The van der Waals surface area contributed by atoms with E-state index in [1.54, 1.807) is 27.0 Å². The van der Waals surface area contributed by atoms with Gasteiger partial charge < -0.3 is 18.9 Å². The molecule has 8 atom stereocenters. The number of rotatable bonds is 5. The molecule has 0 aromatic heterocycles. The van der Waals surface area contributed by atoms with Crippen molar-refractivity contribution in [1.82, 2.24) is 0 Å². The summed E-state index contributed by atoms with van der Waals surface area (Å²) in [6.45, 7) is 16.4. The third-order valence-electron chi connectivity index (χ3n) is 7.57. The number of hydrogen-bond acceptors (Lipinski definition) is 7. The Kier molecular flexibility index (Phi) is 7.63. The fraction of sp³-hybridized carbons (Fsp3) is 0.607. The molecule has 1 aliphatic heterocycles. The maximum atomic E-state index is 13.7. The van der Waals surface area contributed by atoms with Crippen molar-refractivity contribution in [2.45, 2.75) is 84.4 Å². The predicted molar refractivity (Wildman–Crippen MR) is 131 cm³/mol. The molecule has 1 heterocycles. The maximum Gasteiger partial charge on any atom is 0.334 e. The molecule has 7 heteroatoms. The Bertz CT molecular complexity index is 1000. The molecule has 3 rings (SSSR count). The average Bonchev–Trinajstić information content (AvgIpc) is 3.37. The van der Waals surface area contributed by atoms with E-state index in [2.05, 4.69) is 6.58 Å². The third-order valence-corrected chi connectivity index (χ3v) is 7.57. The highest BCUT2D eigenvalue weighted by Gasteiger charge is 2.82. The summed E-state index contributed by atoms with van der Waals surface area (Å²) in [4.78, 5) is 38.6. The predicted octanol–water partition coefficient (Wildman–Crippen LogP) is 4.27. The van der Waals surface area contributed by atoms with Crippen molar-refractivity contribution in [2.75, 3.05) is 7.11 Å². The highest BCUT2D eigenvalue weighted by molar-refractivity contribution is 5.96. The Balaban J connectivity index is 2.21. The summed E-state index contributed by atoms with van der Waals surface area (Å²) < 4.78 is 23.9. The van der Waals surface area contributed by atoms with Crippen LogP contribution in [0.1, 0.15) is 54.9 Å². The first-order valence-electron chi connectivity index (χ1n) is 12.2. The monoisotopic (exact) mass is 486 g/mol. The van der Waals surface area contributed by atoms with E-state index in [9.17, 15) is 14.4 Å². The highest BCUT2D eigenvalue weighted by atomic mass is 16.7. The lowest BCUT2D eigenvalue weighted by atomic mass is 9.84. The van der Waals surface area contributed by atoms with Gasteiger partial charge in [0.25, 0.3) is 0 Å². The quantitative estimate of drug-likeness (QED) is 0.248. The van der Waals surface area contributed by atoms with E-state index in [-0.39, 0.29) is 17.6 Å². The van der Waals surface area contributed by atoms with Crippen molar-refractivity contribution < 1.29 is 33.3 Å². The van der Waals surface area contributed by atoms with Crippen molar-refractivity contribution in [3.63, 3.8) is 0 Å². The number of methoxy groups -OCH3 is 1. The highest BCUT2D eigenvalue weighted by Crippen LogP contribution is 2.65. The van der Waals surface area contributed by atoms with Crippen molar-refractivity contribution in [3.8, 4) is 0 Å². The number of ether oxygens (including phenoxy) is 4. The number of esters is 2. The second-order valence-electron chi connectivity index (χ2n) is 10.2. The molecule has 192 valence electrons. The lowest BCUT2D eigenvalue weighted by molar-refractivity contribution is -0.151. The molecule has 0 bridgehead atoms. The number of Topliss-reactive ketones (excluding diaryl/α,β-unsaturated/α-hetero) is 1. The first kappa shape index (κ1) is 27.1. The number of allylic oxidation sites excluding steroid dienone is 2. The smallest absolute Gasteiger partial charge is 0.334 e. The van der Waals surface area contributed by atoms with Gasteiger partial charge in [-0.05, 0) is 51.7 Å². The summed E-state index contributed by atoms with van der Waals surface area (Å²) in [5.41, 5.74) is -0.284. The van der Waals surface area contributed by atoms with Gasteiger partial charge in [-0.2, -0.15) is 0 Å². The molecule has 1 saturated carbocycles. The SMILES string of the molecule is C=C(C)C1/C=C\[C@H](C)C(=O)[C@]23C[C@@H](C)[C@@H](OC(C)=O)[C@@]2(/C=C(\C)[C@H](OC(=O)/C(C)=C\C)C1OC)O3. The lowest BCUT2D eigenvalue weighted by Gasteiger charge is -2.33. The molecule has 2 unspecified atom stereocenters. The van der Waals surface area contributed by atoms with Gasteiger partial charge in [0.15, 0.2) is 17.0 Å². The molecule has 0 amide bonds. The second-order valence-corrected chi connectivity index (χ2v) is 10.2. The number of carbonyl (C=O) groups excluding carboxylic acids is 3. The van der Waals surface area contributed by atoms with Gasteiger partial charge in [-0.1, -0.05) is 44.2 Å². The minimum atomic E-state index is -1.12. The Morgan fingerprint density at radius 2 is 1.83 bits per heavy atom. The average molecular weight is 487 g/mol. The summed E-state index contributed by atoms with van der Waals surface area (Å²) in [5.74, 6) is -1.81. The molecule has 35 heavy (non-hydrogen) atoms. The van der Waals surface area contributed by atoms with E-state index in [0.717, 1.165) is 5.57 Å². The second kappa shape index (κ2) is 9.86. The van der Waals surface area contributed by atoms with Crippen LogP contribution in [0.25, 0.3) is 0 Å². The van der Waals surface area contributed by atoms with E-state index in [4.69, 9.17) is 18.9 Å². The van der Waals surface area contributed by atoms with Gasteiger partial charge >= 0.3 is 11.9 Å². The Morgan fingerprint density at radius 1 is 1.17 bits per heavy atom. The largest absolute Gasteiger partial charge is 0.459 e. The summed E-state index contributed by atoms with van der Waals surface area (Å²) in [6, 6.07) is 0. The molecular weight excluding hydrogens is 448 g/mol. The number of hydrogen-bond donors (Lipinski definition) is 0. The van der Waals surface area contributed by atoms with Gasteiger partial charge in [0, 0.05) is 31.4 Å². The number of ketones is 1. The molecule has 2 fully saturated rings. The molecule has 0 aromatic rings. The van der Waals surface area contributed by atoms with Crippen LogP contribution in [0.5, 0.6) is 0 Å². The van der Waals surface area contributed by atoms with Crippen LogP contribution < -0.4 is 0 Å². The van der Waals surface area contributed by atoms with E-state index >= 15 is 0 Å². The fourth-order valence-corrected chi connectivity index (χ4v) is 5.61. The van der Waals surface area contributed by atoms with Gasteiger partial charge in [0.2, 0.25) is 0 Å². The molecule has 2 aliphatic carbocycles. The van der Waals surface area contributed by atoms with E-state index < -0.39 is 47.4 Å². The molecule has 0 spiro atoms. The molecule has 0 N–H and O–H groups in total. The van der Waals surface area contributed by atoms with Crippen LogP contribution in [0.15, 0.2) is 47.6 Å². The normalized spacial score (nSPS) is 41.4. The van der Waals surface area contributed by atoms with Crippen molar-refractivity contribution in [3.05, 3.63) is 47.6 Å². The van der Waals surface area contributed by atoms with Crippen LogP contribution in [0.3, 0.4) is 0 Å². The van der Waals surface area contributed by atoms with Crippen LogP contribution in [-0.4, -0.2) is 54.3 Å². The zero-order valence-electron chi connectivity index (χ0n) is 22.0. The Hall–Kier alpha value is -2.51. The molecule has 0 radical (unpaired) electrons. The Morgan fingerprint density at radius 3 is 2.37 bits per heavy atom. The zero-order chi connectivity index (χ0) is 26.3. The molecule has 3 aliphatic rings. The van der Waals surface area contributed by atoms with Gasteiger partial charge in [-0.3, -0.25) is 9.59 Å². The summed E-state index contributed by atoms with van der Waals surface area (Å²) in [7, 11) is 1.56. The maximum absolute atomic E-state index is 13.7. The fourth-order valence-electron chi connectivity index (χ4n) is 5.61. The van der Waals surface area contributed by atoms with Crippen LogP contribution in [0.4, 0.5) is 0 Å². The summed E-state index contributed by atoms with van der Waals surface area (Å²) >= 11 is 0. The molecular formula is C28H38O7. The van der Waals surface area contributed by atoms with Crippen LogP contribution in [0.2, 0.25) is 0 Å². The third kappa shape index (κ3) is 4.56. The minimum absolute atomic E-state index is 0.0612. The van der Waals surface area contributed by atoms with Gasteiger partial charge in [0.05, 0.1) is 0 Å². The topological polar surface area (TPSA) is 91.4 Å². The van der Waals surface area contributed by atoms with E-state index in [1.807, 2.05) is 45.9 Å². The molecule has 1 saturated heterocycles. The lowest BCUT2D eigenvalue weighted by Crippen LogP contribution is -2.41. The van der Waals surface area contributed by atoms with Crippen molar-refractivity contribution in [1.29, 1.82) is 0 Å². The summed E-state index contributed by atoms with van der Waals surface area (Å²) in [6.07, 6.45) is 5.68. The van der Waals surface area contributed by atoms with Crippen molar-refractivity contribution in [2.24, 2.45) is 17.8 Å². The van der Waals surface area contributed by atoms with E-state index in [1.165, 1.54) is 6.92 Å². The zero-order valence-corrected chi connectivity index (χ0v) is 22.0. The van der Waals surface area contributed by atoms with Crippen molar-refractivity contribution >= 4 is 17.7 Å². The van der Waals surface area contributed by atoms with Crippen LogP contribution >= 0.6 is 0 Å². The number of epoxide rings is 1. The molecule has 0 aromatic carbocycles. The standard InChI is InChI=1S/C28H38O7/c1-10-16(4)26(31)34-22-18(6)13-28-25(33-20(8)29)19(7)14-27(28,35-28)24(30)17(5)11-12-21(15(2)3)23(22)32-9/h10-13,17,19,21-23,25H,2,14H2,1,3-9H3/b12-11-,16-10-,18-13+/t17-,19+,21?,22-,23?,25+,27+,28+/m0/s1.